The Bertz CT molecular complexity index is 1350. The van der Waals surface area contributed by atoms with Crippen LogP contribution in [-0.2, 0) is 0 Å². The summed E-state index contributed by atoms with van der Waals surface area (Å²) in [5.74, 6) is -0.696. The average Bonchev–Trinajstić information content (AvgIpc) is 3.15. The molecule has 160 valence electrons. The molecule has 5 heteroatoms. The van der Waals surface area contributed by atoms with Crippen LogP contribution in [0.1, 0.15) is 33.0 Å². The number of halogens is 1. The quantitative estimate of drug-likeness (QED) is 0.307. The molecule has 0 bridgehead atoms. The van der Waals surface area contributed by atoms with Gasteiger partial charge in [-0.15, -0.1) is 0 Å². The fourth-order valence-corrected chi connectivity index (χ4v) is 5.76. The van der Waals surface area contributed by atoms with Crippen LogP contribution in [-0.4, -0.2) is 17.9 Å². The molecule has 0 aromatic heterocycles. The summed E-state index contributed by atoms with van der Waals surface area (Å²) in [5.41, 5.74) is 2.91. The van der Waals surface area contributed by atoms with Crippen molar-refractivity contribution in [3.05, 3.63) is 105 Å². The molecular formula is C28H20IN3O. The summed E-state index contributed by atoms with van der Waals surface area (Å²) in [5, 5.41) is 20.9. The summed E-state index contributed by atoms with van der Waals surface area (Å²) in [7, 11) is 0. The van der Waals surface area contributed by atoms with E-state index in [2.05, 4.69) is 34.7 Å². The molecule has 4 nitrogen and oxygen atoms in total. The Morgan fingerprint density at radius 2 is 1.73 bits per heavy atom. The third-order valence-corrected chi connectivity index (χ3v) is 7.40. The molecule has 0 N–H and O–H groups in total. The van der Waals surface area contributed by atoms with Gasteiger partial charge in [0.25, 0.3) is 0 Å². The number of hydrogen-bond donors (Lipinski definition) is 0. The first kappa shape index (κ1) is 21.4. The van der Waals surface area contributed by atoms with E-state index < -0.39 is 23.4 Å². The van der Waals surface area contributed by atoms with Crippen molar-refractivity contribution in [1.29, 1.82) is 10.5 Å². The monoisotopic (exact) mass is 541 g/mol. The second-order valence-electron chi connectivity index (χ2n) is 8.57. The number of rotatable bonds is 3. The number of nitrogens with zero attached hydrogens (tertiary/aromatic N) is 3. The van der Waals surface area contributed by atoms with Gasteiger partial charge in [-0.05, 0) is 58.8 Å². The van der Waals surface area contributed by atoms with Gasteiger partial charge in [0, 0.05) is 20.7 Å². The number of para-hydroxylation sites is 1. The third kappa shape index (κ3) is 3.27. The van der Waals surface area contributed by atoms with E-state index in [0.717, 1.165) is 25.9 Å². The van der Waals surface area contributed by atoms with Crippen molar-refractivity contribution in [1.82, 2.24) is 0 Å². The number of Topliss-reactive ketones (excluding diaryl/α,β-unsaturated/α-hetero) is 1. The van der Waals surface area contributed by atoms with Crippen molar-refractivity contribution in [2.24, 2.45) is 5.41 Å². The first-order valence-corrected chi connectivity index (χ1v) is 11.8. The molecule has 1 saturated heterocycles. The molecule has 2 aliphatic heterocycles. The fraction of sp³-hybridized carbons (Fsp3) is 0.179. The highest BCUT2D eigenvalue weighted by atomic mass is 127. The van der Waals surface area contributed by atoms with Crippen LogP contribution in [0.3, 0.4) is 0 Å². The highest BCUT2D eigenvalue weighted by Gasteiger charge is 2.63. The Kier molecular flexibility index (Phi) is 5.31. The Morgan fingerprint density at radius 1 is 1.00 bits per heavy atom. The number of fused-ring (bicyclic) bond motifs is 3. The lowest BCUT2D eigenvalue weighted by molar-refractivity contribution is 0.0951. The van der Waals surface area contributed by atoms with Crippen molar-refractivity contribution in [2.75, 3.05) is 4.90 Å². The molecule has 2 aliphatic rings. The number of anilines is 1. The number of ketones is 1. The van der Waals surface area contributed by atoms with Gasteiger partial charge in [0.2, 0.25) is 0 Å². The Hall–Kier alpha value is -3.42. The lowest BCUT2D eigenvalue weighted by Crippen LogP contribution is -2.44. The van der Waals surface area contributed by atoms with Crippen molar-refractivity contribution in [2.45, 2.75) is 24.9 Å². The maximum atomic E-state index is 14.1. The van der Waals surface area contributed by atoms with Crippen LogP contribution >= 0.6 is 22.6 Å². The number of aryl methyl sites for hydroxylation is 1. The number of benzene rings is 3. The maximum Gasteiger partial charge on any atom is 0.185 e. The maximum absolute atomic E-state index is 14.1. The molecule has 0 saturated carbocycles. The van der Waals surface area contributed by atoms with E-state index >= 15 is 0 Å². The van der Waals surface area contributed by atoms with E-state index in [4.69, 9.17) is 0 Å². The zero-order valence-electron chi connectivity index (χ0n) is 17.9. The van der Waals surface area contributed by atoms with E-state index in [-0.39, 0.29) is 5.78 Å². The van der Waals surface area contributed by atoms with Gasteiger partial charge in [-0.25, -0.2) is 0 Å². The lowest BCUT2D eigenvalue weighted by atomic mass is 9.69. The van der Waals surface area contributed by atoms with Gasteiger partial charge < -0.3 is 4.90 Å². The van der Waals surface area contributed by atoms with Gasteiger partial charge in [0.1, 0.15) is 6.04 Å². The molecular weight excluding hydrogens is 521 g/mol. The van der Waals surface area contributed by atoms with Crippen LogP contribution in [0.25, 0.3) is 6.08 Å². The molecule has 3 unspecified atom stereocenters. The summed E-state index contributed by atoms with van der Waals surface area (Å²) in [6, 6.07) is 26.7. The fourth-order valence-electron chi connectivity index (χ4n) is 5.20. The van der Waals surface area contributed by atoms with Gasteiger partial charge >= 0.3 is 0 Å². The molecule has 2 heterocycles. The minimum absolute atomic E-state index is 0.0821. The van der Waals surface area contributed by atoms with E-state index in [1.165, 1.54) is 0 Å². The van der Waals surface area contributed by atoms with Gasteiger partial charge in [-0.2, -0.15) is 10.5 Å². The molecule has 0 aliphatic carbocycles. The average molecular weight is 541 g/mol. The van der Waals surface area contributed by atoms with Crippen LogP contribution in [0, 0.1) is 38.6 Å². The number of nitriles is 2. The molecule has 1 fully saturated rings. The number of hydrogen-bond acceptors (Lipinski definition) is 4. The lowest BCUT2D eigenvalue weighted by Gasteiger charge is -2.35. The molecule has 33 heavy (non-hydrogen) atoms. The smallest absolute Gasteiger partial charge is 0.185 e. The summed E-state index contributed by atoms with van der Waals surface area (Å²) < 4.78 is 0.997. The summed E-state index contributed by atoms with van der Waals surface area (Å²) in [6.07, 6.45) is 3.88. The second-order valence-corrected chi connectivity index (χ2v) is 9.82. The van der Waals surface area contributed by atoms with Crippen LogP contribution in [0.5, 0.6) is 0 Å². The topological polar surface area (TPSA) is 67.9 Å². The molecule has 0 spiro atoms. The van der Waals surface area contributed by atoms with Crippen molar-refractivity contribution < 1.29 is 4.79 Å². The molecule has 3 aromatic rings. The molecule has 0 amide bonds. The summed E-state index contributed by atoms with van der Waals surface area (Å²) >= 11 is 2.23. The highest BCUT2D eigenvalue weighted by Crippen LogP contribution is 2.55. The highest BCUT2D eigenvalue weighted by molar-refractivity contribution is 14.1. The minimum Gasteiger partial charge on any atom is -0.351 e. The standard InChI is InChI=1S/C28H20IN3O/c1-18-9-11-20(12-10-18)27(33)26-25(21-6-4-7-22(29)15-21)28(16-30,17-31)24-14-13-19-5-2-3-8-23(19)32(24)26/h2-15,24-26H,1H3. The van der Waals surface area contributed by atoms with Crippen LogP contribution in [0.2, 0.25) is 0 Å². The first-order chi connectivity index (χ1) is 16.0. The van der Waals surface area contributed by atoms with Crippen LogP contribution in [0.15, 0.2) is 78.9 Å². The van der Waals surface area contributed by atoms with Crippen LogP contribution in [0.4, 0.5) is 5.69 Å². The largest absolute Gasteiger partial charge is 0.351 e. The van der Waals surface area contributed by atoms with Crippen molar-refractivity contribution in [3.8, 4) is 12.1 Å². The predicted octanol–water partition coefficient (Wildman–Crippen LogP) is 5.88. The predicted molar refractivity (Wildman–Crippen MR) is 137 cm³/mol. The van der Waals surface area contributed by atoms with Gasteiger partial charge in [-0.1, -0.05) is 72.3 Å². The van der Waals surface area contributed by atoms with Gasteiger partial charge in [-0.3, -0.25) is 4.79 Å². The number of carbonyl (C=O) groups excluding carboxylic acids is 1. The Morgan fingerprint density at radius 3 is 2.42 bits per heavy atom. The van der Waals surface area contributed by atoms with E-state index in [1.54, 1.807) is 0 Å². The van der Waals surface area contributed by atoms with Crippen molar-refractivity contribution >= 4 is 40.1 Å². The van der Waals surface area contributed by atoms with Crippen LogP contribution < -0.4 is 4.90 Å². The number of carbonyl (C=O) groups is 1. The first-order valence-electron chi connectivity index (χ1n) is 10.7. The second kappa shape index (κ2) is 8.17. The van der Waals surface area contributed by atoms with E-state index in [1.807, 2.05) is 96.8 Å². The Labute approximate surface area is 206 Å². The van der Waals surface area contributed by atoms with Crippen molar-refractivity contribution in [3.63, 3.8) is 0 Å². The van der Waals surface area contributed by atoms with E-state index in [0.29, 0.717) is 5.56 Å². The normalized spacial score (nSPS) is 22.1. The molecule has 0 radical (unpaired) electrons. The third-order valence-electron chi connectivity index (χ3n) is 6.73. The summed E-state index contributed by atoms with van der Waals surface area (Å²) in [6.45, 7) is 1.98. The van der Waals surface area contributed by atoms with Gasteiger partial charge in [0.15, 0.2) is 11.2 Å². The van der Waals surface area contributed by atoms with E-state index in [9.17, 15) is 15.3 Å². The molecule has 3 aromatic carbocycles. The zero-order valence-corrected chi connectivity index (χ0v) is 20.1. The molecule has 5 rings (SSSR count). The zero-order chi connectivity index (χ0) is 23.2. The van der Waals surface area contributed by atoms with Gasteiger partial charge in [0.05, 0.1) is 18.2 Å². The Balaban J connectivity index is 1.79. The SMILES string of the molecule is Cc1ccc(C(=O)C2C(c3cccc(I)c3)C(C#N)(C#N)C3C=Cc4ccccc4N23)cc1. The minimum atomic E-state index is -1.42. The molecule has 3 atom stereocenters. The summed E-state index contributed by atoms with van der Waals surface area (Å²) in [4.78, 5) is 16.1.